The predicted molar refractivity (Wildman–Crippen MR) is 103 cm³/mol. The van der Waals surface area contributed by atoms with E-state index in [-0.39, 0.29) is 18.6 Å². The van der Waals surface area contributed by atoms with Crippen LogP contribution in [0.4, 0.5) is 0 Å². The van der Waals surface area contributed by atoms with Gasteiger partial charge in [0.15, 0.2) is 6.61 Å². The summed E-state index contributed by atoms with van der Waals surface area (Å²) in [7, 11) is 0. The van der Waals surface area contributed by atoms with E-state index in [4.69, 9.17) is 16.3 Å². The molecule has 26 heavy (non-hydrogen) atoms. The molecule has 134 valence electrons. The number of aromatic nitrogens is 3. The molecule has 0 radical (unpaired) electrons. The number of carbonyl (C=O) groups excluding carboxylic acids is 1. The third-order valence-electron chi connectivity index (χ3n) is 3.71. The zero-order chi connectivity index (χ0) is 18.5. The van der Waals surface area contributed by atoms with Crippen LogP contribution in [0.3, 0.4) is 0 Å². The highest BCUT2D eigenvalue weighted by atomic mass is 79.9. The minimum atomic E-state index is -0.225. The fraction of sp³-hybridized carbons (Fsp3) is 0.167. The molecule has 0 bridgehead atoms. The third kappa shape index (κ3) is 4.62. The second-order valence-electron chi connectivity index (χ2n) is 5.58. The number of amides is 1. The molecule has 1 atom stereocenters. The van der Waals surface area contributed by atoms with Gasteiger partial charge in [-0.3, -0.25) is 4.79 Å². The maximum absolute atomic E-state index is 12.1. The van der Waals surface area contributed by atoms with E-state index < -0.39 is 0 Å². The molecular formula is C18H16BrClN4O2. The number of ether oxygens (including phenoxy) is 1. The molecule has 0 aliphatic carbocycles. The van der Waals surface area contributed by atoms with Crippen molar-refractivity contribution in [1.29, 1.82) is 0 Å². The molecule has 0 spiro atoms. The second kappa shape index (κ2) is 8.33. The van der Waals surface area contributed by atoms with Crippen LogP contribution in [-0.2, 0) is 4.79 Å². The van der Waals surface area contributed by atoms with Gasteiger partial charge in [-0.05, 0) is 42.8 Å². The Kier molecular flexibility index (Phi) is 5.90. The van der Waals surface area contributed by atoms with Crippen molar-refractivity contribution in [3.05, 3.63) is 70.2 Å². The van der Waals surface area contributed by atoms with Crippen LogP contribution in [0.5, 0.6) is 5.75 Å². The van der Waals surface area contributed by atoms with Gasteiger partial charge in [-0.1, -0.05) is 39.7 Å². The highest BCUT2D eigenvalue weighted by Gasteiger charge is 2.11. The first-order chi connectivity index (χ1) is 12.5. The Morgan fingerprint density at radius 1 is 1.31 bits per heavy atom. The quantitative estimate of drug-likeness (QED) is 0.637. The topological polar surface area (TPSA) is 69.0 Å². The fourth-order valence-electron chi connectivity index (χ4n) is 2.36. The summed E-state index contributed by atoms with van der Waals surface area (Å²) < 4.78 is 7.99. The summed E-state index contributed by atoms with van der Waals surface area (Å²) in [6.45, 7) is 1.80. The lowest BCUT2D eigenvalue weighted by atomic mass is 10.1. The maximum Gasteiger partial charge on any atom is 0.258 e. The number of carbonyl (C=O) groups is 1. The van der Waals surface area contributed by atoms with E-state index in [1.54, 1.807) is 29.2 Å². The number of benzene rings is 2. The van der Waals surface area contributed by atoms with E-state index in [2.05, 4.69) is 31.3 Å². The van der Waals surface area contributed by atoms with Crippen molar-refractivity contribution in [3.63, 3.8) is 0 Å². The maximum atomic E-state index is 12.1. The molecule has 1 amide bonds. The largest absolute Gasteiger partial charge is 0.482 e. The molecule has 0 saturated carbocycles. The minimum absolute atomic E-state index is 0.108. The molecule has 1 aromatic heterocycles. The van der Waals surface area contributed by atoms with Gasteiger partial charge in [-0.2, -0.15) is 5.10 Å². The van der Waals surface area contributed by atoms with Crippen LogP contribution < -0.4 is 10.1 Å². The van der Waals surface area contributed by atoms with E-state index in [0.29, 0.717) is 10.8 Å². The number of halogens is 2. The molecule has 1 heterocycles. The lowest BCUT2D eigenvalue weighted by Gasteiger charge is -2.15. The van der Waals surface area contributed by atoms with Gasteiger partial charge in [-0.15, -0.1) is 0 Å². The Morgan fingerprint density at radius 3 is 2.73 bits per heavy atom. The van der Waals surface area contributed by atoms with E-state index >= 15 is 0 Å². The van der Waals surface area contributed by atoms with Gasteiger partial charge in [-0.25, -0.2) is 9.67 Å². The first kappa shape index (κ1) is 18.4. The highest BCUT2D eigenvalue weighted by molar-refractivity contribution is 9.10. The highest BCUT2D eigenvalue weighted by Crippen LogP contribution is 2.27. The molecule has 0 unspecified atom stereocenters. The van der Waals surface area contributed by atoms with Crippen molar-refractivity contribution in [3.8, 4) is 11.4 Å². The molecule has 8 heteroatoms. The fourth-order valence-corrected chi connectivity index (χ4v) is 3.09. The first-order valence-electron chi connectivity index (χ1n) is 7.85. The van der Waals surface area contributed by atoms with Crippen molar-refractivity contribution in [1.82, 2.24) is 20.1 Å². The Morgan fingerprint density at radius 2 is 2.08 bits per heavy atom. The second-order valence-corrected chi connectivity index (χ2v) is 6.91. The summed E-state index contributed by atoms with van der Waals surface area (Å²) in [5.41, 5.74) is 1.88. The van der Waals surface area contributed by atoms with Crippen LogP contribution in [0.25, 0.3) is 5.69 Å². The van der Waals surface area contributed by atoms with Crippen LogP contribution in [0, 0.1) is 0 Å². The van der Waals surface area contributed by atoms with Gasteiger partial charge < -0.3 is 10.1 Å². The van der Waals surface area contributed by atoms with E-state index in [9.17, 15) is 4.79 Å². The van der Waals surface area contributed by atoms with Crippen LogP contribution in [0.15, 0.2) is 59.6 Å². The van der Waals surface area contributed by atoms with Crippen LogP contribution in [0.2, 0.25) is 5.02 Å². The van der Waals surface area contributed by atoms with E-state index in [1.807, 2.05) is 31.2 Å². The van der Waals surface area contributed by atoms with Crippen molar-refractivity contribution in [2.75, 3.05) is 6.61 Å². The van der Waals surface area contributed by atoms with Crippen LogP contribution in [0.1, 0.15) is 18.5 Å². The van der Waals surface area contributed by atoms with Gasteiger partial charge in [0, 0.05) is 4.47 Å². The van der Waals surface area contributed by atoms with Crippen molar-refractivity contribution >= 4 is 33.4 Å². The average Bonchev–Trinajstić information content (AvgIpc) is 3.16. The Labute approximate surface area is 164 Å². The van der Waals surface area contributed by atoms with Crippen LogP contribution >= 0.6 is 27.5 Å². The number of nitrogens with one attached hydrogen (secondary N) is 1. The van der Waals surface area contributed by atoms with E-state index in [1.165, 1.54) is 6.33 Å². The van der Waals surface area contributed by atoms with Gasteiger partial charge in [0.1, 0.15) is 18.4 Å². The average molecular weight is 436 g/mol. The number of hydrogen-bond acceptors (Lipinski definition) is 4. The number of nitrogens with zero attached hydrogens (tertiary/aromatic N) is 3. The standard InChI is InChI=1S/C18H16BrClN4O2/c1-12(13-2-5-15(6-3-13)24-11-21-10-22-24)23-18(25)9-26-17-7-4-14(19)8-16(17)20/h2-8,10-12H,9H2,1H3,(H,23,25)/t12-/m1/s1. The Balaban J connectivity index is 1.55. The number of rotatable bonds is 6. The Bertz CT molecular complexity index is 885. The SMILES string of the molecule is C[C@@H](NC(=O)COc1ccc(Br)cc1Cl)c1ccc(-n2cncn2)cc1. The molecule has 0 saturated heterocycles. The third-order valence-corrected chi connectivity index (χ3v) is 4.50. The van der Waals surface area contributed by atoms with Gasteiger partial charge >= 0.3 is 0 Å². The lowest BCUT2D eigenvalue weighted by Crippen LogP contribution is -2.31. The normalized spacial score (nSPS) is 11.8. The molecule has 0 aliphatic rings. The van der Waals surface area contributed by atoms with Gasteiger partial charge in [0.05, 0.1) is 16.8 Å². The predicted octanol–water partition coefficient (Wildman–Crippen LogP) is 3.94. The molecule has 0 fully saturated rings. The molecule has 6 nitrogen and oxygen atoms in total. The molecule has 2 aromatic carbocycles. The molecule has 0 aliphatic heterocycles. The van der Waals surface area contributed by atoms with Gasteiger partial charge in [0.2, 0.25) is 0 Å². The van der Waals surface area contributed by atoms with Gasteiger partial charge in [0.25, 0.3) is 5.91 Å². The summed E-state index contributed by atoms with van der Waals surface area (Å²) in [5, 5.41) is 7.43. The molecule has 3 aromatic rings. The lowest BCUT2D eigenvalue weighted by molar-refractivity contribution is -0.123. The monoisotopic (exact) mass is 434 g/mol. The van der Waals surface area contributed by atoms with Crippen molar-refractivity contribution in [2.45, 2.75) is 13.0 Å². The van der Waals surface area contributed by atoms with Crippen LogP contribution in [-0.4, -0.2) is 27.3 Å². The number of hydrogen-bond donors (Lipinski definition) is 1. The molecule has 1 N–H and O–H groups in total. The molecular weight excluding hydrogens is 420 g/mol. The summed E-state index contributed by atoms with van der Waals surface area (Å²) >= 11 is 9.40. The summed E-state index contributed by atoms with van der Waals surface area (Å²) in [4.78, 5) is 16.0. The summed E-state index contributed by atoms with van der Waals surface area (Å²) in [5.74, 6) is 0.242. The Hall–Kier alpha value is -2.38. The zero-order valence-electron chi connectivity index (χ0n) is 13.9. The summed E-state index contributed by atoms with van der Waals surface area (Å²) in [6, 6.07) is 12.8. The van der Waals surface area contributed by atoms with E-state index in [0.717, 1.165) is 15.7 Å². The molecule has 3 rings (SSSR count). The van der Waals surface area contributed by atoms with Crippen molar-refractivity contribution < 1.29 is 9.53 Å². The smallest absolute Gasteiger partial charge is 0.258 e. The van der Waals surface area contributed by atoms with Crippen molar-refractivity contribution in [2.24, 2.45) is 0 Å². The summed E-state index contributed by atoms with van der Waals surface area (Å²) in [6.07, 6.45) is 3.11. The minimum Gasteiger partial charge on any atom is -0.482 e. The first-order valence-corrected chi connectivity index (χ1v) is 9.02. The zero-order valence-corrected chi connectivity index (χ0v) is 16.2.